The Morgan fingerprint density at radius 1 is 1.07 bits per heavy atom. The largest absolute Gasteiger partial charge is 0.377 e. The lowest BCUT2D eigenvalue weighted by Crippen LogP contribution is -2.54. The fourth-order valence-electron chi connectivity index (χ4n) is 4.19. The molecule has 7 nitrogen and oxygen atoms in total. The molecule has 0 bridgehead atoms. The van der Waals surface area contributed by atoms with E-state index < -0.39 is 0 Å². The lowest BCUT2D eigenvalue weighted by molar-refractivity contribution is -0.132. The van der Waals surface area contributed by atoms with Crippen molar-refractivity contribution < 1.29 is 9.53 Å². The molecule has 8 heteroatoms. The molecule has 2 saturated heterocycles. The molecule has 0 aliphatic carbocycles. The number of carbonyl (C=O) groups excluding carboxylic acids is 1. The first-order chi connectivity index (χ1) is 13.8. The molecule has 0 aromatic heterocycles. The van der Waals surface area contributed by atoms with Gasteiger partial charge in [0.05, 0.1) is 19.8 Å². The van der Waals surface area contributed by atoms with Crippen LogP contribution in [-0.2, 0) is 9.53 Å². The van der Waals surface area contributed by atoms with Crippen molar-refractivity contribution in [3.63, 3.8) is 0 Å². The van der Waals surface area contributed by atoms with E-state index in [1.807, 2.05) is 7.05 Å². The van der Waals surface area contributed by atoms with Gasteiger partial charge in [-0.05, 0) is 25.7 Å². The minimum absolute atomic E-state index is 0. The Morgan fingerprint density at radius 2 is 1.79 bits per heavy atom. The third-order valence-corrected chi connectivity index (χ3v) is 5.99. The Balaban J connectivity index is 0.00000300. The summed E-state index contributed by atoms with van der Waals surface area (Å²) in [5.41, 5.74) is 1.48. The second-order valence-electron chi connectivity index (χ2n) is 7.97. The summed E-state index contributed by atoms with van der Waals surface area (Å²) in [5.74, 6) is 1.29. The summed E-state index contributed by atoms with van der Waals surface area (Å²) < 4.78 is 5.37. The summed E-state index contributed by atoms with van der Waals surface area (Å²) in [6.07, 6.45) is 9.14. The SMILES string of the molecule is CN=C(NCCC1=CCOCC1)N1CCN(CC(=O)N2CCCCCC2)CC1.I. The quantitative estimate of drug-likeness (QED) is 0.261. The van der Waals surface area contributed by atoms with Crippen molar-refractivity contribution in [2.24, 2.45) is 4.99 Å². The molecule has 0 radical (unpaired) electrons. The fourth-order valence-corrected chi connectivity index (χ4v) is 4.19. The van der Waals surface area contributed by atoms with Gasteiger partial charge in [-0.25, -0.2) is 0 Å². The second-order valence-corrected chi connectivity index (χ2v) is 7.97. The molecule has 0 saturated carbocycles. The molecular formula is C21H38IN5O2. The van der Waals surface area contributed by atoms with E-state index in [9.17, 15) is 4.79 Å². The molecular weight excluding hydrogens is 481 g/mol. The molecule has 3 aliphatic rings. The van der Waals surface area contributed by atoms with E-state index in [1.54, 1.807) is 0 Å². The van der Waals surface area contributed by atoms with Crippen molar-refractivity contribution in [3.8, 4) is 0 Å². The third-order valence-electron chi connectivity index (χ3n) is 5.99. The van der Waals surface area contributed by atoms with Crippen LogP contribution < -0.4 is 5.32 Å². The van der Waals surface area contributed by atoms with E-state index in [-0.39, 0.29) is 24.0 Å². The van der Waals surface area contributed by atoms with Gasteiger partial charge in [0, 0.05) is 52.9 Å². The third kappa shape index (κ3) is 8.05. The highest BCUT2D eigenvalue weighted by molar-refractivity contribution is 14.0. The molecule has 1 N–H and O–H groups in total. The number of aliphatic imine (C=N–C) groups is 1. The Labute approximate surface area is 192 Å². The van der Waals surface area contributed by atoms with Crippen molar-refractivity contribution in [1.82, 2.24) is 20.0 Å². The van der Waals surface area contributed by atoms with Crippen LogP contribution in [0.2, 0.25) is 0 Å². The summed E-state index contributed by atoms with van der Waals surface area (Å²) in [4.78, 5) is 23.7. The van der Waals surface area contributed by atoms with E-state index in [4.69, 9.17) is 4.74 Å². The zero-order valence-corrected chi connectivity index (χ0v) is 20.2. The number of amides is 1. The van der Waals surface area contributed by atoms with Crippen molar-refractivity contribution in [3.05, 3.63) is 11.6 Å². The maximum absolute atomic E-state index is 12.6. The molecule has 0 aromatic carbocycles. The second kappa shape index (κ2) is 13.4. The molecule has 0 spiro atoms. The number of nitrogens with zero attached hydrogens (tertiary/aromatic N) is 4. The zero-order valence-electron chi connectivity index (χ0n) is 17.9. The minimum Gasteiger partial charge on any atom is -0.377 e. The fraction of sp³-hybridized carbons (Fsp3) is 0.810. The van der Waals surface area contributed by atoms with E-state index in [0.717, 1.165) is 90.7 Å². The average Bonchev–Trinajstić information content (AvgIpc) is 3.02. The summed E-state index contributed by atoms with van der Waals surface area (Å²) in [6.45, 7) is 8.64. The van der Waals surface area contributed by atoms with E-state index >= 15 is 0 Å². The van der Waals surface area contributed by atoms with Crippen LogP contribution in [0.15, 0.2) is 16.6 Å². The van der Waals surface area contributed by atoms with Gasteiger partial charge < -0.3 is 19.9 Å². The van der Waals surface area contributed by atoms with Crippen LogP contribution >= 0.6 is 24.0 Å². The topological polar surface area (TPSA) is 60.4 Å². The summed E-state index contributed by atoms with van der Waals surface area (Å²) >= 11 is 0. The van der Waals surface area contributed by atoms with Crippen LogP contribution in [0.5, 0.6) is 0 Å². The molecule has 0 aromatic rings. The van der Waals surface area contributed by atoms with Gasteiger partial charge in [0.25, 0.3) is 0 Å². The Kier molecular flexibility index (Phi) is 11.3. The molecule has 166 valence electrons. The molecule has 0 atom stereocenters. The average molecular weight is 519 g/mol. The molecule has 3 rings (SSSR count). The predicted octanol–water partition coefficient (Wildman–Crippen LogP) is 1.94. The van der Waals surface area contributed by atoms with E-state index in [1.165, 1.54) is 18.4 Å². The molecule has 0 unspecified atom stereocenters. The van der Waals surface area contributed by atoms with Crippen LogP contribution in [0.1, 0.15) is 38.5 Å². The maximum atomic E-state index is 12.6. The number of guanidine groups is 1. The van der Waals surface area contributed by atoms with Crippen LogP contribution in [0.25, 0.3) is 0 Å². The van der Waals surface area contributed by atoms with Crippen LogP contribution in [0.4, 0.5) is 0 Å². The lowest BCUT2D eigenvalue weighted by atomic mass is 10.1. The van der Waals surface area contributed by atoms with Gasteiger partial charge in [-0.2, -0.15) is 0 Å². The van der Waals surface area contributed by atoms with Gasteiger partial charge in [-0.15, -0.1) is 24.0 Å². The van der Waals surface area contributed by atoms with Gasteiger partial charge in [-0.1, -0.05) is 24.5 Å². The summed E-state index contributed by atoms with van der Waals surface area (Å²) in [7, 11) is 1.85. The predicted molar refractivity (Wildman–Crippen MR) is 128 cm³/mol. The zero-order chi connectivity index (χ0) is 19.6. The Bertz CT molecular complexity index is 553. The lowest BCUT2D eigenvalue weighted by Gasteiger charge is -2.37. The standard InChI is InChI=1S/C21H37N5O2.HI/c1-22-21(23-9-6-19-7-16-28-17-8-19)26-14-12-24(13-15-26)18-20(27)25-10-4-2-3-5-11-25;/h7H,2-6,8-18H2,1H3,(H,22,23);1H. The normalized spacial score (nSPS) is 21.8. The van der Waals surface area contributed by atoms with Crippen LogP contribution in [-0.4, -0.2) is 99.2 Å². The highest BCUT2D eigenvalue weighted by Gasteiger charge is 2.23. The first-order valence-corrected chi connectivity index (χ1v) is 11.0. The number of hydrogen-bond acceptors (Lipinski definition) is 4. The van der Waals surface area contributed by atoms with E-state index in [0.29, 0.717) is 12.5 Å². The van der Waals surface area contributed by atoms with Crippen molar-refractivity contribution in [1.29, 1.82) is 0 Å². The Hall–Kier alpha value is -0.870. The van der Waals surface area contributed by atoms with Crippen molar-refractivity contribution >= 4 is 35.8 Å². The molecule has 29 heavy (non-hydrogen) atoms. The molecule has 1 amide bonds. The van der Waals surface area contributed by atoms with Gasteiger partial charge in [-0.3, -0.25) is 14.7 Å². The summed E-state index contributed by atoms with van der Waals surface area (Å²) in [6, 6.07) is 0. The number of likely N-dealkylation sites (tertiary alicyclic amines) is 1. The highest BCUT2D eigenvalue weighted by Crippen LogP contribution is 2.12. The van der Waals surface area contributed by atoms with Gasteiger partial charge >= 0.3 is 0 Å². The van der Waals surface area contributed by atoms with Crippen molar-refractivity contribution in [2.75, 3.05) is 72.6 Å². The molecule has 2 fully saturated rings. The van der Waals surface area contributed by atoms with Gasteiger partial charge in [0.2, 0.25) is 5.91 Å². The van der Waals surface area contributed by atoms with Crippen LogP contribution in [0, 0.1) is 0 Å². The minimum atomic E-state index is 0. The van der Waals surface area contributed by atoms with Gasteiger partial charge in [0.1, 0.15) is 0 Å². The number of nitrogens with one attached hydrogen (secondary N) is 1. The van der Waals surface area contributed by atoms with Crippen LogP contribution in [0.3, 0.4) is 0 Å². The first kappa shape index (κ1) is 24.4. The highest BCUT2D eigenvalue weighted by atomic mass is 127. The van der Waals surface area contributed by atoms with E-state index in [2.05, 4.69) is 31.1 Å². The number of hydrogen-bond donors (Lipinski definition) is 1. The maximum Gasteiger partial charge on any atom is 0.236 e. The number of carbonyl (C=O) groups is 1. The summed E-state index contributed by atoms with van der Waals surface area (Å²) in [5, 5.41) is 3.50. The number of halogens is 1. The first-order valence-electron chi connectivity index (χ1n) is 11.0. The molecule has 3 heterocycles. The van der Waals surface area contributed by atoms with Gasteiger partial charge in [0.15, 0.2) is 5.96 Å². The number of piperazine rings is 1. The Morgan fingerprint density at radius 3 is 2.41 bits per heavy atom. The number of rotatable bonds is 5. The van der Waals surface area contributed by atoms with Crippen molar-refractivity contribution in [2.45, 2.75) is 38.5 Å². The molecule has 3 aliphatic heterocycles. The monoisotopic (exact) mass is 519 g/mol. The smallest absolute Gasteiger partial charge is 0.236 e. The number of ether oxygens (including phenoxy) is 1.